The third-order valence-corrected chi connectivity index (χ3v) is 4.36. The molecule has 0 spiro atoms. The van der Waals surface area contributed by atoms with E-state index in [9.17, 15) is 0 Å². The van der Waals surface area contributed by atoms with Crippen molar-refractivity contribution >= 4 is 35.4 Å². The molecule has 8 heteroatoms. The van der Waals surface area contributed by atoms with Crippen LogP contribution in [0.15, 0.2) is 53.7 Å². The number of hydrogen-bond donors (Lipinski definition) is 3. The van der Waals surface area contributed by atoms with E-state index in [1.165, 1.54) is 12.3 Å². The van der Waals surface area contributed by atoms with E-state index in [1.54, 1.807) is 36.4 Å². The molecule has 3 aromatic rings. The summed E-state index contributed by atoms with van der Waals surface area (Å²) < 4.78 is 0. The summed E-state index contributed by atoms with van der Waals surface area (Å²) in [7, 11) is 0. The molecule has 8 nitrogen and oxygen atoms in total. The van der Waals surface area contributed by atoms with Gasteiger partial charge in [0.25, 0.3) is 0 Å². The molecule has 1 aromatic heterocycles. The quantitative estimate of drug-likeness (QED) is 0.231. The average molecular weight is 409 g/mol. The van der Waals surface area contributed by atoms with E-state index in [-0.39, 0.29) is 0 Å². The van der Waals surface area contributed by atoms with Crippen molar-refractivity contribution in [3.63, 3.8) is 0 Å². The summed E-state index contributed by atoms with van der Waals surface area (Å²) >= 11 is 0. The van der Waals surface area contributed by atoms with Crippen molar-refractivity contribution in [1.82, 2.24) is 9.97 Å². The van der Waals surface area contributed by atoms with E-state index >= 15 is 0 Å². The van der Waals surface area contributed by atoms with Crippen molar-refractivity contribution in [3.8, 4) is 12.1 Å². The highest BCUT2D eigenvalue weighted by Crippen LogP contribution is 2.27. The Bertz CT molecular complexity index is 1210. The van der Waals surface area contributed by atoms with Crippen molar-refractivity contribution in [1.29, 1.82) is 10.5 Å². The highest BCUT2D eigenvalue weighted by Gasteiger charge is 2.09. The van der Waals surface area contributed by atoms with Gasteiger partial charge in [-0.1, -0.05) is 5.16 Å². The van der Waals surface area contributed by atoms with E-state index < -0.39 is 0 Å². The maximum Gasteiger partial charge on any atom is 0.229 e. The van der Waals surface area contributed by atoms with Gasteiger partial charge in [-0.3, -0.25) is 0 Å². The zero-order valence-electron chi connectivity index (χ0n) is 17.0. The molecule has 1 heterocycles. The van der Waals surface area contributed by atoms with Gasteiger partial charge in [-0.2, -0.15) is 15.5 Å². The molecular formula is C23H19N7O. The molecular weight excluding hydrogens is 390 g/mol. The molecule has 3 rings (SSSR count). The summed E-state index contributed by atoms with van der Waals surface area (Å²) in [6.45, 7) is 3.93. The number of benzene rings is 2. The van der Waals surface area contributed by atoms with Crippen LogP contribution >= 0.6 is 0 Å². The van der Waals surface area contributed by atoms with Gasteiger partial charge in [-0.05, 0) is 73.0 Å². The number of allylic oxidation sites excluding steroid dienone is 1. The number of rotatable bonds is 6. The second-order valence-corrected chi connectivity index (χ2v) is 6.68. The lowest BCUT2D eigenvalue weighted by Gasteiger charge is -2.15. The third-order valence-electron chi connectivity index (χ3n) is 4.36. The lowest BCUT2D eigenvalue weighted by atomic mass is 10.0. The van der Waals surface area contributed by atoms with Crippen LogP contribution in [0, 0.1) is 36.5 Å². The fourth-order valence-corrected chi connectivity index (χ4v) is 3.02. The number of anilines is 4. The van der Waals surface area contributed by atoms with Crippen molar-refractivity contribution in [3.05, 3.63) is 76.5 Å². The van der Waals surface area contributed by atoms with Crippen molar-refractivity contribution in [2.24, 2.45) is 5.16 Å². The molecule has 0 bridgehead atoms. The minimum absolute atomic E-state index is 0.300. The Morgan fingerprint density at radius 3 is 2.32 bits per heavy atom. The molecule has 0 aliphatic rings. The maximum absolute atomic E-state index is 8.94. The maximum atomic E-state index is 8.94. The van der Waals surface area contributed by atoms with Gasteiger partial charge in [-0.15, -0.1) is 0 Å². The van der Waals surface area contributed by atoms with Crippen molar-refractivity contribution in [2.75, 3.05) is 10.6 Å². The first-order chi connectivity index (χ1) is 15.0. The zero-order chi connectivity index (χ0) is 22.2. The molecule has 0 aliphatic heterocycles. The fourth-order valence-electron chi connectivity index (χ4n) is 3.02. The summed E-state index contributed by atoms with van der Waals surface area (Å²) in [4.78, 5) is 8.82. The van der Waals surface area contributed by atoms with E-state index in [0.29, 0.717) is 28.7 Å². The molecule has 152 valence electrons. The molecule has 2 aromatic carbocycles. The third kappa shape index (κ3) is 5.43. The standard InChI is InChI=1S/C23H19N7O/c1-15-10-18(4-3-9-24)11-16(2)22(15)29-21-12-20(14-26-31)28-23(30-21)27-19-7-5-17(13-25)6-8-19/h3-8,10-12,14,31H,1-2H3,(H2,27,28,29,30)/b4-3+,26-14+. The van der Waals surface area contributed by atoms with Crippen LogP contribution in [0.1, 0.15) is 27.9 Å². The summed E-state index contributed by atoms with van der Waals surface area (Å²) in [5.41, 5.74) is 5.44. The summed E-state index contributed by atoms with van der Waals surface area (Å²) in [6, 6.07) is 16.5. The van der Waals surface area contributed by atoms with Crippen molar-refractivity contribution < 1.29 is 5.21 Å². The summed E-state index contributed by atoms with van der Waals surface area (Å²) in [5, 5.41) is 36.0. The Hall–Kier alpha value is -4.69. The normalized spacial score (nSPS) is 10.7. The Balaban J connectivity index is 1.93. The van der Waals surface area contributed by atoms with Crippen molar-refractivity contribution in [2.45, 2.75) is 13.8 Å². The second kappa shape index (κ2) is 9.68. The lowest BCUT2D eigenvalue weighted by molar-refractivity contribution is 0.321. The number of nitrogens with zero attached hydrogens (tertiary/aromatic N) is 5. The van der Waals surface area contributed by atoms with E-state index in [2.05, 4.69) is 31.8 Å². The largest absolute Gasteiger partial charge is 0.411 e. The minimum atomic E-state index is 0.300. The van der Waals surface area contributed by atoms with Crippen LogP contribution in [0.3, 0.4) is 0 Å². The Labute approximate surface area is 179 Å². The van der Waals surface area contributed by atoms with E-state index in [0.717, 1.165) is 22.4 Å². The Morgan fingerprint density at radius 1 is 1.00 bits per heavy atom. The lowest BCUT2D eigenvalue weighted by Crippen LogP contribution is -2.05. The molecule has 0 atom stereocenters. The van der Waals surface area contributed by atoms with Crippen LogP contribution in [0.4, 0.5) is 23.1 Å². The van der Waals surface area contributed by atoms with E-state index in [4.69, 9.17) is 15.7 Å². The first-order valence-corrected chi connectivity index (χ1v) is 9.30. The van der Waals surface area contributed by atoms with Gasteiger partial charge >= 0.3 is 0 Å². The molecule has 0 fully saturated rings. The highest BCUT2D eigenvalue weighted by atomic mass is 16.4. The molecule has 0 saturated carbocycles. The van der Waals surface area contributed by atoms with Gasteiger partial charge < -0.3 is 15.8 Å². The molecule has 3 N–H and O–H groups in total. The predicted octanol–water partition coefficient (Wildman–Crippen LogP) is 4.80. The topological polar surface area (TPSA) is 130 Å². The second-order valence-electron chi connectivity index (χ2n) is 6.68. The molecule has 0 saturated heterocycles. The van der Waals surface area contributed by atoms with Gasteiger partial charge in [0.15, 0.2) is 0 Å². The number of nitrogens with one attached hydrogen (secondary N) is 2. The molecule has 0 aliphatic carbocycles. The van der Waals surface area contributed by atoms with Gasteiger partial charge in [0.1, 0.15) is 5.82 Å². The first kappa shape index (κ1) is 21.0. The molecule has 0 amide bonds. The van der Waals surface area contributed by atoms with Gasteiger partial charge in [0, 0.05) is 23.5 Å². The van der Waals surface area contributed by atoms with Gasteiger partial charge in [0.2, 0.25) is 5.95 Å². The van der Waals surface area contributed by atoms with Crippen LogP contribution in [-0.4, -0.2) is 21.4 Å². The molecule has 0 radical (unpaired) electrons. The number of oxime groups is 1. The Kier molecular flexibility index (Phi) is 6.57. The molecule has 31 heavy (non-hydrogen) atoms. The first-order valence-electron chi connectivity index (χ1n) is 9.30. The minimum Gasteiger partial charge on any atom is -0.411 e. The smallest absolute Gasteiger partial charge is 0.229 e. The number of aromatic nitrogens is 2. The number of hydrogen-bond acceptors (Lipinski definition) is 8. The number of nitriles is 2. The molecule has 0 unspecified atom stereocenters. The van der Waals surface area contributed by atoms with Crippen LogP contribution in [0.25, 0.3) is 6.08 Å². The monoisotopic (exact) mass is 409 g/mol. The Morgan fingerprint density at radius 2 is 1.71 bits per heavy atom. The van der Waals surface area contributed by atoms with Crippen LogP contribution in [-0.2, 0) is 0 Å². The van der Waals surface area contributed by atoms with E-state index in [1.807, 2.05) is 32.0 Å². The summed E-state index contributed by atoms with van der Waals surface area (Å²) in [5.74, 6) is 0.807. The van der Waals surface area contributed by atoms with Crippen LogP contribution in [0.5, 0.6) is 0 Å². The van der Waals surface area contributed by atoms with Crippen LogP contribution in [0.2, 0.25) is 0 Å². The SMILES string of the molecule is Cc1cc(/C=C/C#N)cc(C)c1Nc1cc(/C=N/O)nc(Nc2ccc(C#N)cc2)n1. The fraction of sp³-hybridized carbons (Fsp3) is 0.0870. The van der Waals surface area contributed by atoms with Gasteiger partial charge in [0.05, 0.1) is 29.6 Å². The predicted molar refractivity (Wildman–Crippen MR) is 120 cm³/mol. The zero-order valence-corrected chi connectivity index (χ0v) is 17.0. The average Bonchev–Trinajstić information content (AvgIpc) is 2.75. The summed E-state index contributed by atoms with van der Waals surface area (Å²) in [6.07, 6.45) is 4.41. The van der Waals surface area contributed by atoms with Gasteiger partial charge in [-0.25, -0.2) is 4.98 Å². The highest BCUT2D eigenvalue weighted by molar-refractivity contribution is 5.80. The number of aryl methyl sites for hydroxylation is 2. The van der Waals surface area contributed by atoms with Crippen LogP contribution < -0.4 is 10.6 Å².